The highest BCUT2D eigenvalue weighted by atomic mass is 32.1. The van der Waals surface area contributed by atoms with Gasteiger partial charge in [-0.3, -0.25) is 0 Å². The molecule has 0 unspecified atom stereocenters. The van der Waals surface area contributed by atoms with Gasteiger partial charge in [-0.1, -0.05) is 30.3 Å². The van der Waals surface area contributed by atoms with Crippen LogP contribution in [0.25, 0.3) is 32.6 Å². The maximum absolute atomic E-state index is 12.9. The lowest BCUT2D eigenvalue weighted by Crippen LogP contribution is -2.17. The Morgan fingerprint density at radius 1 is 1.03 bits per heavy atom. The summed E-state index contributed by atoms with van der Waals surface area (Å²) >= 11 is 1.50. The molecule has 0 atom stereocenters. The maximum Gasteiger partial charge on any atom is 0.573 e. The van der Waals surface area contributed by atoms with Crippen molar-refractivity contribution in [1.82, 2.24) is 14.5 Å². The fourth-order valence-electron chi connectivity index (χ4n) is 4.15. The summed E-state index contributed by atoms with van der Waals surface area (Å²) in [4.78, 5) is 8.98. The molecule has 5 aromatic rings. The molecule has 184 valence electrons. The molecule has 2 aromatic carbocycles. The summed E-state index contributed by atoms with van der Waals surface area (Å²) in [5.74, 6) is 0.0458. The molecule has 3 heterocycles. The van der Waals surface area contributed by atoms with Crippen LogP contribution in [0.15, 0.2) is 72.2 Å². The number of thiazole rings is 1. The second-order valence-electron chi connectivity index (χ2n) is 7.89. The predicted molar refractivity (Wildman–Crippen MR) is 131 cm³/mol. The third-order valence-electron chi connectivity index (χ3n) is 5.65. The zero-order chi connectivity index (χ0) is 25.3. The van der Waals surface area contributed by atoms with Gasteiger partial charge in [0.2, 0.25) is 5.88 Å². The van der Waals surface area contributed by atoms with E-state index in [2.05, 4.69) is 9.72 Å². The van der Waals surface area contributed by atoms with Gasteiger partial charge < -0.3 is 19.1 Å². The Hall–Kier alpha value is -3.89. The van der Waals surface area contributed by atoms with Gasteiger partial charge >= 0.3 is 6.36 Å². The molecule has 0 radical (unpaired) electrons. The minimum Gasteiger partial charge on any atom is -0.481 e. The van der Waals surface area contributed by atoms with Crippen molar-refractivity contribution in [2.24, 2.45) is 0 Å². The monoisotopic (exact) mass is 511 g/mol. The first kappa shape index (κ1) is 23.8. The molecule has 0 aliphatic rings. The van der Waals surface area contributed by atoms with Gasteiger partial charge in [-0.15, -0.1) is 24.5 Å². The number of ether oxygens (including phenoxy) is 2. The molecule has 0 bridgehead atoms. The highest BCUT2D eigenvalue weighted by molar-refractivity contribution is 7.13. The van der Waals surface area contributed by atoms with Gasteiger partial charge in [0, 0.05) is 45.2 Å². The van der Waals surface area contributed by atoms with Crippen molar-refractivity contribution in [1.29, 1.82) is 0 Å². The third-order valence-corrected chi connectivity index (χ3v) is 6.59. The molecule has 0 amide bonds. The number of nitrogens with zero attached hydrogens (tertiary/aromatic N) is 3. The number of hydrogen-bond donors (Lipinski definition) is 1. The van der Waals surface area contributed by atoms with Crippen LogP contribution in [0.4, 0.5) is 13.2 Å². The van der Waals surface area contributed by atoms with Gasteiger partial charge in [-0.2, -0.15) is 0 Å². The van der Waals surface area contributed by atoms with Crippen molar-refractivity contribution in [2.75, 3.05) is 7.11 Å². The molecule has 0 aliphatic heterocycles. The fourth-order valence-corrected chi connectivity index (χ4v) is 4.97. The van der Waals surface area contributed by atoms with E-state index in [1.807, 2.05) is 40.3 Å². The number of fused-ring (bicyclic) bond motifs is 1. The molecule has 10 heteroatoms. The number of halogens is 3. The highest BCUT2D eigenvalue weighted by Gasteiger charge is 2.31. The van der Waals surface area contributed by atoms with E-state index in [-0.39, 0.29) is 12.4 Å². The molecule has 6 nitrogen and oxygen atoms in total. The summed E-state index contributed by atoms with van der Waals surface area (Å²) in [6.45, 7) is -0.0278. The first-order valence-corrected chi connectivity index (χ1v) is 11.8. The summed E-state index contributed by atoms with van der Waals surface area (Å²) in [6.07, 6.45) is -3.27. The van der Waals surface area contributed by atoms with Crippen LogP contribution in [0.2, 0.25) is 0 Å². The van der Waals surface area contributed by atoms with E-state index in [9.17, 15) is 18.3 Å². The lowest BCUT2D eigenvalue weighted by atomic mass is 10.0. The standard InChI is InChI=1S/C26H20F3N3O3S/c1-34-23-10-7-17(12-30-23)24-20-11-19(35-26(27,28)29)8-9-21(20)32(22(24)14-33)13-18-15-36-25(31-18)16-5-3-2-4-6-16/h2-12,15,33H,13-14H2,1H3. The van der Waals surface area contributed by atoms with Gasteiger partial charge in [-0.25, -0.2) is 9.97 Å². The Morgan fingerprint density at radius 2 is 1.83 bits per heavy atom. The smallest absolute Gasteiger partial charge is 0.481 e. The summed E-state index contributed by atoms with van der Waals surface area (Å²) < 4.78 is 49.9. The molecule has 0 saturated heterocycles. The van der Waals surface area contributed by atoms with Crippen LogP contribution in [0.1, 0.15) is 11.4 Å². The van der Waals surface area contributed by atoms with Crippen LogP contribution in [0, 0.1) is 0 Å². The van der Waals surface area contributed by atoms with Crippen LogP contribution in [0.3, 0.4) is 0 Å². The Bertz CT molecular complexity index is 1500. The number of benzene rings is 2. The zero-order valence-corrected chi connectivity index (χ0v) is 19.8. The molecule has 0 saturated carbocycles. The van der Waals surface area contributed by atoms with Crippen LogP contribution >= 0.6 is 11.3 Å². The molecular formula is C26H20F3N3O3S. The van der Waals surface area contributed by atoms with Crippen molar-refractivity contribution < 1.29 is 27.8 Å². The topological polar surface area (TPSA) is 69.4 Å². The quantitative estimate of drug-likeness (QED) is 0.279. The van der Waals surface area contributed by atoms with E-state index < -0.39 is 6.36 Å². The van der Waals surface area contributed by atoms with Gasteiger partial charge in [0.05, 0.1) is 31.6 Å². The summed E-state index contributed by atoms with van der Waals surface area (Å²) in [5, 5.41) is 13.7. The Kier molecular flexibility index (Phi) is 6.38. The molecular weight excluding hydrogens is 491 g/mol. The van der Waals surface area contributed by atoms with Crippen LogP contribution in [0.5, 0.6) is 11.6 Å². The number of methoxy groups -OCH3 is 1. The number of aliphatic hydroxyl groups is 1. The number of aliphatic hydroxyl groups excluding tert-OH is 1. The SMILES string of the molecule is COc1ccc(-c2c(CO)n(Cc3csc(-c4ccccc4)n3)c3ccc(OC(F)(F)F)cc23)cn1. The molecule has 36 heavy (non-hydrogen) atoms. The average Bonchev–Trinajstić information content (AvgIpc) is 3.46. The maximum atomic E-state index is 12.9. The molecule has 1 N–H and O–H groups in total. The normalized spacial score (nSPS) is 11.7. The highest BCUT2D eigenvalue weighted by Crippen LogP contribution is 2.39. The van der Waals surface area contributed by atoms with E-state index in [0.29, 0.717) is 40.1 Å². The number of hydrogen-bond acceptors (Lipinski definition) is 6. The van der Waals surface area contributed by atoms with Crippen molar-refractivity contribution in [2.45, 2.75) is 19.5 Å². The lowest BCUT2D eigenvalue weighted by molar-refractivity contribution is -0.274. The molecule has 0 aliphatic carbocycles. The van der Waals surface area contributed by atoms with E-state index in [1.54, 1.807) is 24.4 Å². The van der Waals surface area contributed by atoms with Crippen molar-refractivity contribution >= 4 is 22.2 Å². The molecule has 0 fully saturated rings. The zero-order valence-electron chi connectivity index (χ0n) is 19.0. The number of aromatic nitrogens is 3. The van der Waals surface area contributed by atoms with Crippen LogP contribution in [-0.2, 0) is 13.2 Å². The van der Waals surface area contributed by atoms with Crippen molar-refractivity contribution in [3.05, 3.63) is 83.6 Å². The molecule has 3 aromatic heterocycles. The third kappa shape index (κ3) is 4.77. The van der Waals surface area contributed by atoms with Gasteiger partial charge in [0.15, 0.2) is 0 Å². The van der Waals surface area contributed by atoms with Crippen molar-refractivity contribution in [3.63, 3.8) is 0 Å². The largest absolute Gasteiger partial charge is 0.573 e. The van der Waals surface area contributed by atoms with E-state index in [1.165, 1.54) is 30.6 Å². The van der Waals surface area contributed by atoms with E-state index in [0.717, 1.165) is 16.3 Å². The number of rotatable bonds is 7. The van der Waals surface area contributed by atoms with Gasteiger partial charge in [0.1, 0.15) is 10.8 Å². The minimum absolute atomic E-state index is 0.318. The average molecular weight is 512 g/mol. The lowest BCUT2D eigenvalue weighted by Gasteiger charge is -2.10. The minimum atomic E-state index is -4.83. The van der Waals surface area contributed by atoms with Gasteiger partial charge in [0.25, 0.3) is 0 Å². The summed E-state index contributed by atoms with van der Waals surface area (Å²) in [5.41, 5.74) is 4.10. The Morgan fingerprint density at radius 3 is 2.50 bits per heavy atom. The Labute approximate surface area is 208 Å². The first-order valence-electron chi connectivity index (χ1n) is 10.9. The second kappa shape index (κ2) is 9.63. The van der Waals surface area contributed by atoms with Crippen LogP contribution < -0.4 is 9.47 Å². The van der Waals surface area contributed by atoms with E-state index >= 15 is 0 Å². The fraction of sp³-hybridized carbons (Fsp3) is 0.154. The first-order chi connectivity index (χ1) is 17.4. The summed E-state index contributed by atoms with van der Waals surface area (Å²) in [7, 11) is 1.49. The number of alkyl halides is 3. The van der Waals surface area contributed by atoms with Crippen molar-refractivity contribution in [3.8, 4) is 33.3 Å². The molecule has 0 spiro atoms. The predicted octanol–water partition coefficient (Wildman–Crippen LogP) is 6.27. The van der Waals surface area contributed by atoms with Gasteiger partial charge in [-0.05, 0) is 24.3 Å². The second-order valence-corrected chi connectivity index (χ2v) is 8.75. The Balaban J connectivity index is 1.64. The summed E-state index contributed by atoms with van der Waals surface area (Å²) in [6, 6.07) is 17.3. The van der Waals surface area contributed by atoms with Crippen LogP contribution in [-0.4, -0.2) is 33.1 Å². The van der Waals surface area contributed by atoms with E-state index in [4.69, 9.17) is 9.72 Å². The number of pyridine rings is 1. The molecule has 5 rings (SSSR count).